The Hall–Kier alpha value is -2.41. The summed E-state index contributed by atoms with van der Waals surface area (Å²) in [6.45, 7) is 0.254. The lowest BCUT2D eigenvalue weighted by atomic mass is 10.2. The van der Waals surface area contributed by atoms with Gasteiger partial charge in [0.2, 0.25) is 0 Å². The lowest BCUT2D eigenvalue weighted by molar-refractivity contribution is 0.0950. The first-order chi connectivity index (χ1) is 10.4. The largest absolute Gasteiger partial charge is 0.497 e. The fourth-order valence-electron chi connectivity index (χ4n) is 1.81. The van der Waals surface area contributed by atoms with Crippen molar-refractivity contribution in [1.82, 2.24) is 10.3 Å². The average molecular weight is 320 g/mol. The zero-order chi connectivity index (χ0) is 16.2. The maximum absolute atomic E-state index is 12.0. The molecule has 2 rings (SSSR count). The molecule has 1 aromatic heterocycles. The van der Waals surface area contributed by atoms with Gasteiger partial charge in [0.25, 0.3) is 5.91 Å². The van der Waals surface area contributed by atoms with Crippen molar-refractivity contribution >= 4 is 15.7 Å². The molecule has 116 valence electrons. The van der Waals surface area contributed by atoms with Crippen LogP contribution in [-0.2, 0) is 16.4 Å². The van der Waals surface area contributed by atoms with Crippen molar-refractivity contribution in [3.8, 4) is 5.75 Å². The van der Waals surface area contributed by atoms with E-state index < -0.39 is 9.84 Å². The number of rotatable bonds is 5. The van der Waals surface area contributed by atoms with Crippen molar-refractivity contribution < 1.29 is 17.9 Å². The monoisotopic (exact) mass is 320 g/mol. The van der Waals surface area contributed by atoms with Crippen LogP contribution >= 0.6 is 0 Å². The molecule has 0 saturated carbocycles. The van der Waals surface area contributed by atoms with Crippen LogP contribution in [0.2, 0.25) is 0 Å². The fourth-order valence-corrected chi connectivity index (χ4v) is 2.44. The molecular weight excluding hydrogens is 304 g/mol. The summed E-state index contributed by atoms with van der Waals surface area (Å²) in [6, 6.07) is 9.22. The molecule has 0 aliphatic heterocycles. The molecular formula is C15H16N2O4S. The SMILES string of the molecule is COc1ccnc(CNC(=O)c2ccc(S(C)(=O)=O)cc2)c1. The highest BCUT2D eigenvalue weighted by Crippen LogP contribution is 2.11. The number of aromatic nitrogens is 1. The molecule has 1 N–H and O–H groups in total. The Kier molecular flexibility index (Phi) is 4.77. The molecule has 0 fully saturated rings. The first-order valence-corrected chi connectivity index (χ1v) is 8.36. The maximum atomic E-state index is 12.0. The predicted molar refractivity (Wildman–Crippen MR) is 81.5 cm³/mol. The quantitative estimate of drug-likeness (QED) is 0.900. The van der Waals surface area contributed by atoms with E-state index in [0.717, 1.165) is 6.26 Å². The van der Waals surface area contributed by atoms with Gasteiger partial charge in [0.05, 0.1) is 24.2 Å². The fraction of sp³-hybridized carbons (Fsp3) is 0.200. The Morgan fingerprint density at radius 1 is 1.23 bits per heavy atom. The standard InChI is InChI=1S/C15H16N2O4S/c1-21-13-7-8-16-12(9-13)10-17-15(18)11-3-5-14(6-4-11)22(2,19)20/h3-9H,10H2,1-2H3,(H,17,18). The van der Waals surface area contributed by atoms with Gasteiger partial charge >= 0.3 is 0 Å². The van der Waals surface area contributed by atoms with Gasteiger partial charge in [-0.2, -0.15) is 0 Å². The van der Waals surface area contributed by atoms with Gasteiger partial charge in [0, 0.05) is 24.1 Å². The molecule has 1 amide bonds. The van der Waals surface area contributed by atoms with E-state index in [1.807, 2.05) is 0 Å². The van der Waals surface area contributed by atoms with E-state index in [1.54, 1.807) is 25.4 Å². The van der Waals surface area contributed by atoms with E-state index >= 15 is 0 Å². The number of nitrogens with one attached hydrogen (secondary N) is 1. The molecule has 1 aromatic carbocycles. The second-order valence-electron chi connectivity index (χ2n) is 4.67. The van der Waals surface area contributed by atoms with Gasteiger partial charge in [-0.1, -0.05) is 0 Å². The number of methoxy groups -OCH3 is 1. The zero-order valence-corrected chi connectivity index (χ0v) is 13.1. The second-order valence-corrected chi connectivity index (χ2v) is 6.68. The highest BCUT2D eigenvalue weighted by Gasteiger charge is 2.10. The first-order valence-electron chi connectivity index (χ1n) is 6.47. The Balaban J connectivity index is 2.03. The molecule has 7 heteroatoms. The second kappa shape index (κ2) is 6.57. The number of sulfone groups is 1. The molecule has 2 aromatic rings. The van der Waals surface area contributed by atoms with E-state index in [2.05, 4.69) is 10.3 Å². The van der Waals surface area contributed by atoms with Crippen LogP contribution < -0.4 is 10.1 Å². The van der Waals surface area contributed by atoms with Crippen molar-refractivity contribution in [3.05, 3.63) is 53.9 Å². The summed E-state index contributed by atoms with van der Waals surface area (Å²) in [7, 11) is -1.71. The van der Waals surface area contributed by atoms with E-state index in [-0.39, 0.29) is 17.3 Å². The summed E-state index contributed by atoms with van der Waals surface area (Å²) in [6.07, 6.45) is 2.72. The minimum absolute atomic E-state index is 0.179. The van der Waals surface area contributed by atoms with Crippen LogP contribution in [0, 0.1) is 0 Å². The lowest BCUT2D eigenvalue weighted by Crippen LogP contribution is -2.23. The highest BCUT2D eigenvalue weighted by atomic mass is 32.2. The number of benzene rings is 1. The highest BCUT2D eigenvalue weighted by molar-refractivity contribution is 7.90. The van der Waals surface area contributed by atoms with Gasteiger partial charge in [0.1, 0.15) is 5.75 Å². The van der Waals surface area contributed by atoms with Gasteiger partial charge < -0.3 is 10.1 Å². The lowest BCUT2D eigenvalue weighted by Gasteiger charge is -2.07. The molecule has 0 saturated heterocycles. The molecule has 0 radical (unpaired) electrons. The molecule has 22 heavy (non-hydrogen) atoms. The Bertz CT molecular complexity index is 770. The summed E-state index contributed by atoms with van der Waals surface area (Å²) in [5.41, 5.74) is 1.05. The predicted octanol–water partition coefficient (Wildman–Crippen LogP) is 1.42. The van der Waals surface area contributed by atoms with Crippen molar-refractivity contribution in [3.63, 3.8) is 0 Å². The third-order valence-electron chi connectivity index (χ3n) is 3.00. The van der Waals surface area contributed by atoms with Gasteiger partial charge in [-0.25, -0.2) is 8.42 Å². The number of carbonyl (C=O) groups excluding carboxylic acids is 1. The molecule has 1 heterocycles. The normalized spacial score (nSPS) is 11.0. The molecule has 0 aliphatic rings. The van der Waals surface area contributed by atoms with E-state index in [4.69, 9.17) is 4.74 Å². The number of amides is 1. The maximum Gasteiger partial charge on any atom is 0.251 e. The van der Waals surface area contributed by atoms with Crippen LogP contribution in [0.1, 0.15) is 16.1 Å². The third-order valence-corrected chi connectivity index (χ3v) is 4.13. The van der Waals surface area contributed by atoms with Crippen LogP contribution in [0.25, 0.3) is 0 Å². The average Bonchev–Trinajstić information content (AvgIpc) is 2.52. The van der Waals surface area contributed by atoms with Crippen LogP contribution in [-0.4, -0.2) is 32.7 Å². The minimum atomic E-state index is -3.26. The first kappa shape index (κ1) is 16.0. The van der Waals surface area contributed by atoms with Gasteiger partial charge in [0.15, 0.2) is 9.84 Å². The van der Waals surface area contributed by atoms with Crippen molar-refractivity contribution in [1.29, 1.82) is 0 Å². The number of carbonyl (C=O) groups is 1. The van der Waals surface area contributed by atoms with Crippen molar-refractivity contribution in [2.24, 2.45) is 0 Å². The number of nitrogens with zero attached hydrogens (tertiary/aromatic N) is 1. The summed E-state index contributed by atoms with van der Waals surface area (Å²) < 4.78 is 27.8. The van der Waals surface area contributed by atoms with Gasteiger partial charge in [-0.3, -0.25) is 9.78 Å². The number of ether oxygens (including phenoxy) is 1. The van der Waals surface area contributed by atoms with Gasteiger partial charge in [-0.05, 0) is 30.3 Å². The van der Waals surface area contributed by atoms with Crippen LogP contribution in [0.4, 0.5) is 0 Å². The van der Waals surface area contributed by atoms with Crippen molar-refractivity contribution in [2.75, 3.05) is 13.4 Å². The third kappa shape index (κ3) is 4.05. The number of hydrogen-bond acceptors (Lipinski definition) is 5. The molecule has 0 unspecified atom stereocenters. The van der Waals surface area contributed by atoms with Crippen molar-refractivity contribution in [2.45, 2.75) is 11.4 Å². The van der Waals surface area contributed by atoms with Crippen LogP contribution in [0.15, 0.2) is 47.5 Å². The van der Waals surface area contributed by atoms with Crippen LogP contribution in [0.3, 0.4) is 0 Å². The van der Waals surface area contributed by atoms with Gasteiger partial charge in [-0.15, -0.1) is 0 Å². The number of hydrogen-bond donors (Lipinski definition) is 1. The minimum Gasteiger partial charge on any atom is -0.497 e. The summed E-state index contributed by atoms with van der Waals surface area (Å²) >= 11 is 0. The Labute approximate surface area is 129 Å². The molecule has 6 nitrogen and oxygen atoms in total. The summed E-state index contributed by atoms with van der Waals surface area (Å²) in [5.74, 6) is 0.362. The van der Waals surface area contributed by atoms with E-state index in [1.165, 1.54) is 24.3 Å². The van der Waals surface area contributed by atoms with E-state index in [9.17, 15) is 13.2 Å². The van der Waals surface area contributed by atoms with E-state index in [0.29, 0.717) is 17.0 Å². The Morgan fingerprint density at radius 3 is 2.50 bits per heavy atom. The smallest absolute Gasteiger partial charge is 0.251 e. The molecule has 0 aliphatic carbocycles. The molecule has 0 atom stereocenters. The van der Waals surface area contributed by atoms with Crippen LogP contribution in [0.5, 0.6) is 5.75 Å². The summed E-state index contributed by atoms with van der Waals surface area (Å²) in [4.78, 5) is 16.3. The molecule has 0 bridgehead atoms. The summed E-state index contributed by atoms with van der Waals surface area (Å²) in [5, 5.41) is 2.72. The molecule has 0 spiro atoms. The zero-order valence-electron chi connectivity index (χ0n) is 12.2. The topological polar surface area (TPSA) is 85.4 Å². The Morgan fingerprint density at radius 2 is 1.91 bits per heavy atom. The number of pyridine rings is 1.